The molecule has 2 aromatic heterocycles. The van der Waals surface area contributed by atoms with Crippen LogP contribution < -0.4 is 14.4 Å². The third-order valence-corrected chi connectivity index (χ3v) is 11.5. The molecule has 0 spiro atoms. The normalized spacial score (nSPS) is 23.6. The van der Waals surface area contributed by atoms with Crippen LogP contribution in [0.4, 0.5) is 23.4 Å². The molecule has 274 valence electrons. The second-order valence-electron chi connectivity index (χ2n) is 14.7. The highest BCUT2D eigenvalue weighted by Gasteiger charge is 2.51. The largest absolute Gasteiger partial charge is 0.508 e. The molecule has 0 bridgehead atoms. The molecule has 0 amide bonds. The van der Waals surface area contributed by atoms with Gasteiger partial charge in [-0.2, -0.15) is 9.97 Å². The fraction of sp³-hybridized carbons (Fsp3) is 0.513. The van der Waals surface area contributed by atoms with Gasteiger partial charge in [-0.1, -0.05) is 18.4 Å². The lowest BCUT2D eigenvalue weighted by Gasteiger charge is -2.48. The summed E-state index contributed by atoms with van der Waals surface area (Å²) in [6.45, 7) is 3.86. The summed E-state index contributed by atoms with van der Waals surface area (Å²) in [7, 11) is 1.41. The Hall–Kier alpha value is -4.41. The molecule has 2 saturated heterocycles. The molecule has 1 N–H and O–H groups in total. The molecule has 4 aliphatic rings. The number of ether oxygens (including phenoxy) is 3. The smallest absolute Gasteiger partial charge is 0.319 e. The third-order valence-electron chi connectivity index (χ3n) is 11.5. The number of aromatic hydroxyl groups is 1. The number of methoxy groups -OCH3 is 1. The molecule has 2 aliphatic heterocycles. The highest BCUT2D eigenvalue weighted by atomic mass is 19.3. The molecule has 0 radical (unpaired) electrons. The number of benzene rings is 2. The number of anilines is 1. The second kappa shape index (κ2) is 13.5. The number of halogens is 4. The maximum Gasteiger partial charge on any atom is 0.319 e. The van der Waals surface area contributed by atoms with Crippen molar-refractivity contribution in [2.24, 2.45) is 11.3 Å². The molecule has 9 nitrogen and oxygen atoms in total. The van der Waals surface area contributed by atoms with Crippen molar-refractivity contribution in [1.29, 1.82) is 0 Å². The van der Waals surface area contributed by atoms with Gasteiger partial charge >= 0.3 is 6.01 Å². The van der Waals surface area contributed by atoms with Crippen molar-refractivity contribution in [3.05, 3.63) is 41.5 Å². The number of piperidine rings is 1. The molecule has 1 unspecified atom stereocenters. The third kappa shape index (κ3) is 6.13. The van der Waals surface area contributed by atoms with E-state index in [1.807, 2.05) is 4.90 Å². The number of terminal acetylenes is 1. The summed E-state index contributed by atoms with van der Waals surface area (Å²) in [4.78, 5) is 18.5. The van der Waals surface area contributed by atoms with Gasteiger partial charge in [0.2, 0.25) is 11.8 Å². The van der Waals surface area contributed by atoms with Crippen LogP contribution in [0.2, 0.25) is 0 Å². The van der Waals surface area contributed by atoms with Crippen molar-refractivity contribution in [3.63, 3.8) is 0 Å². The first kappa shape index (κ1) is 34.7. The number of pyridine rings is 1. The quantitative estimate of drug-likeness (QED) is 0.151. The van der Waals surface area contributed by atoms with Crippen molar-refractivity contribution in [3.8, 4) is 41.2 Å². The number of hydrogen-bond donors (Lipinski definition) is 1. The zero-order valence-corrected chi connectivity index (χ0v) is 29.1. The fourth-order valence-electron chi connectivity index (χ4n) is 9.12. The van der Waals surface area contributed by atoms with Crippen LogP contribution in [-0.2, 0) is 4.74 Å². The number of rotatable bonds is 8. The van der Waals surface area contributed by atoms with E-state index >= 15 is 4.39 Å². The SMILES string of the molecule is C#Cc1c(F)ccc2cc(O)cc(-c3nc(OC)c4c(N5CCCOCC5)nc(OC[C@]56CCCC5N(CC5CC(F)(F)C5)CCC6)nc4c3F)c12. The number of phenols is 1. The van der Waals surface area contributed by atoms with E-state index < -0.39 is 17.6 Å². The van der Waals surface area contributed by atoms with Crippen molar-refractivity contribution in [2.75, 3.05) is 58.0 Å². The van der Waals surface area contributed by atoms with Gasteiger partial charge in [-0.3, -0.25) is 4.90 Å². The zero-order chi connectivity index (χ0) is 36.2. The number of hydrogen-bond acceptors (Lipinski definition) is 9. The predicted molar refractivity (Wildman–Crippen MR) is 188 cm³/mol. The van der Waals surface area contributed by atoms with E-state index in [1.165, 1.54) is 31.4 Å². The summed E-state index contributed by atoms with van der Waals surface area (Å²) < 4.78 is 77.5. The van der Waals surface area contributed by atoms with Crippen molar-refractivity contribution in [2.45, 2.75) is 63.3 Å². The molecule has 13 heteroatoms. The predicted octanol–water partition coefficient (Wildman–Crippen LogP) is 7.10. The van der Waals surface area contributed by atoms with E-state index in [0.29, 0.717) is 57.1 Å². The van der Waals surface area contributed by atoms with Gasteiger partial charge in [0.1, 0.15) is 34.0 Å². The Balaban J connectivity index is 1.22. The Morgan fingerprint density at radius 1 is 1.02 bits per heavy atom. The minimum Gasteiger partial charge on any atom is -0.508 e. The number of alkyl halides is 2. The number of phenolic OH excluding ortho intramolecular Hbond substituents is 1. The Kier molecular flexibility index (Phi) is 9.02. The van der Waals surface area contributed by atoms with E-state index in [1.54, 1.807) is 0 Å². The standard InChI is InChI=1S/C39H41F4N5O4/c1-3-26-28(40)9-8-24-17-25(49)18-27(30(24)26)33-32(41)34-31(36(44-33)50-2)35(47-13-6-15-51-16-14-47)46-37(45-34)52-22-38-10-4-7-29(38)48(12-5-11-38)21-23-19-39(42,43)20-23/h1,8-9,17-18,23,29,49H,4-7,10-16,19-22H2,2H3/t29?,38-/m1/s1. The Morgan fingerprint density at radius 2 is 1.85 bits per heavy atom. The van der Waals surface area contributed by atoms with Crippen LogP contribution in [0, 0.1) is 35.3 Å². The van der Waals surface area contributed by atoms with Crippen molar-refractivity contribution >= 4 is 27.5 Å². The Labute approximate surface area is 299 Å². The first-order valence-corrected chi connectivity index (χ1v) is 18.0. The molecule has 8 rings (SSSR count). The molecule has 2 atom stereocenters. The molecule has 2 aliphatic carbocycles. The maximum absolute atomic E-state index is 17.2. The minimum absolute atomic E-state index is 0.00563. The molecule has 4 aromatic rings. The van der Waals surface area contributed by atoms with Gasteiger partial charge in [-0.15, -0.1) is 6.42 Å². The van der Waals surface area contributed by atoms with Gasteiger partial charge in [0, 0.05) is 61.5 Å². The maximum atomic E-state index is 17.2. The van der Waals surface area contributed by atoms with E-state index in [2.05, 4.69) is 20.8 Å². The lowest BCUT2D eigenvalue weighted by atomic mass is 9.74. The Bertz CT molecular complexity index is 2060. The van der Waals surface area contributed by atoms with Crippen LogP contribution >= 0.6 is 0 Å². The highest BCUT2D eigenvalue weighted by Crippen LogP contribution is 2.50. The fourth-order valence-corrected chi connectivity index (χ4v) is 9.12. The second-order valence-corrected chi connectivity index (χ2v) is 14.7. The monoisotopic (exact) mass is 719 g/mol. The van der Waals surface area contributed by atoms with Gasteiger partial charge in [0.25, 0.3) is 0 Å². The van der Waals surface area contributed by atoms with Gasteiger partial charge in [-0.25, -0.2) is 22.5 Å². The number of nitrogens with zero attached hydrogens (tertiary/aromatic N) is 5. The van der Waals surface area contributed by atoms with Crippen LogP contribution in [0.1, 0.15) is 56.9 Å². The van der Waals surface area contributed by atoms with Gasteiger partial charge in [0.15, 0.2) is 5.82 Å². The zero-order valence-electron chi connectivity index (χ0n) is 29.1. The average molecular weight is 720 g/mol. The first-order valence-electron chi connectivity index (χ1n) is 18.0. The molecule has 2 aromatic carbocycles. The summed E-state index contributed by atoms with van der Waals surface area (Å²) in [5, 5.41) is 11.5. The summed E-state index contributed by atoms with van der Waals surface area (Å²) in [5.74, 6) is -1.47. The molecule has 4 heterocycles. The Morgan fingerprint density at radius 3 is 2.63 bits per heavy atom. The highest BCUT2D eigenvalue weighted by molar-refractivity contribution is 6.04. The summed E-state index contributed by atoms with van der Waals surface area (Å²) in [5.41, 5.74) is -0.581. The van der Waals surface area contributed by atoms with E-state index in [0.717, 1.165) is 38.6 Å². The lowest BCUT2D eigenvalue weighted by molar-refractivity contribution is -0.124. The van der Waals surface area contributed by atoms with Crippen molar-refractivity contribution < 1.29 is 36.9 Å². The van der Waals surface area contributed by atoms with Crippen LogP contribution in [-0.4, -0.2) is 90.0 Å². The van der Waals surface area contributed by atoms with Crippen molar-refractivity contribution in [1.82, 2.24) is 19.9 Å². The van der Waals surface area contributed by atoms with E-state index in [9.17, 15) is 18.3 Å². The topological polar surface area (TPSA) is 93.1 Å². The van der Waals surface area contributed by atoms with E-state index in [-0.39, 0.29) is 81.0 Å². The molecule has 4 fully saturated rings. The molecule has 2 saturated carbocycles. The van der Waals surface area contributed by atoms with Crippen LogP contribution in [0.3, 0.4) is 0 Å². The van der Waals surface area contributed by atoms with E-state index in [4.69, 9.17) is 25.6 Å². The summed E-state index contributed by atoms with van der Waals surface area (Å²) >= 11 is 0. The van der Waals surface area contributed by atoms with Crippen LogP contribution in [0.15, 0.2) is 24.3 Å². The summed E-state index contributed by atoms with van der Waals surface area (Å²) in [6, 6.07) is 5.55. The van der Waals surface area contributed by atoms with Gasteiger partial charge in [0.05, 0.1) is 25.9 Å². The molecular weight excluding hydrogens is 678 g/mol. The van der Waals surface area contributed by atoms with Gasteiger partial charge < -0.3 is 24.2 Å². The first-order chi connectivity index (χ1) is 25.1. The number of aromatic nitrogens is 3. The average Bonchev–Trinajstić information content (AvgIpc) is 3.37. The number of fused-ring (bicyclic) bond motifs is 3. The molecular formula is C39H41F4N5O4. The lowest BCUT2D eigenvalue weighted by Crippen LogP contribution is -2.54. The van der Waals surface area contributed by atoms with Gasteiger partial charge in [-0.05, 0) is 68.2 Å². The summed E-state index contributed by atoms with van der Waals surface area (Å²) in [6.07, 6.45) is 11.1. The van der Waals surface area contributed by atoms with Crippen LogP contribution in [0.5, 0.6) is 17.6 Å². The van der Waals surface area contributed by atoms with Crippen LogP contribution in [0.25, 0.3) is 32.9 Å². The minimum atomic E-state index is -2.55. The molecule has 52 heavy (non-hydrogen) atoms. The number of likely N-dealkylation sites (tertiary alicyclic amines) is 1.